The molecule has 0 aromatic rings. The van der Waals surface area contributed by atoms with Gasteiger partial charge in [0.05, 0.1) is 25.4 Å². The number of aliphatic hydroxyl groups excluding tert-OH is 7. The number of unbranched alkanes of at least 4 members (excludes halogenated alkanes) is 24. The van der Waals surface area contributed by atoms with Gasteiger partial charge in [0, 0.05) is 0 Å². The first-order chi connectivity index (χ1) is 25.7. The van der Waals surface area contributed by atoms with E-state index < -0.39 is 74.2 Å². The molecule has 1 fully saturated rings. The van der Waals surface area contributed by atoms with E-state index in [2.05, 4.69) is 19.2 Å². The van der Waals surface area contributed by atoms with Crippen LogP contribution in [0.5, 0.6) is 0 Å². The number of carbonyl (C=O) groups is 1. The number of hydrogen-bond donors (Lipinski definition) is 8. The standard InChI is InChI=1S/C42H83NO10/c1-3-5-7-9-11-13-14-15-16-17-18-19-20-21-22-24-26-28-30-35(46)41(51)43-33(32-52-42-40(50)39(49)38(48)36(31-44)53-42)37(47)34(45)29-27-25-23-12-10-8-6-4-2/h33-40,42,44-50H,3-32H2,1-2H3,(H,43,51). The molecule has 1 rings (SSSR count). The second kappa shape index (κ2) is 33.3. The third kappa shape index (κ3) is 23.7. The fraction of sp³-hybridized carbons (Fsp3) is 0.976. The van der Waals surface area contributed by atoms with Crippen molar-refractivity contribution in [3.8, 4) is 0 Å². The summed E-state index contributed by atoms with van der Waals surface area (Å²) in [6.07, 6.45) is 20.3. The lowest BCUT2D eigenvalue weighted by molar-refractivity contribution is -0.303. The Morgan fingerprint density at radius 1 is 0.585 bits per heavy atom. The van der Waals surface area contributed by atoms with Crippen LogP contribution in [0.15, 0.2) is 0 Å². The highest BCUT2D eigenvalue weighted by Gasteiger charge is 2.44. The molecule has 0 aromatic heterocycles. The van der Waals surface area contributed by atoms with Crippen molar-refractivity contribution >= 4 is 5.91 Å². The van der Waals surface area contributed by atoms with E-state index in [1.165, 1.54) is 116 Å². The summed E-state index contributed by atoms with van der Waals surface area (Å²) in [4.78, 5) is 13.0. The lowest BCUT2D eigenvalue weighted by Gasteiger charge is -2.40. The minimum absolute atomic E-state index is 0.266. The fourth-order valence-electron chi connectivity index (χ4n) is 7.20. The molecule has 11 nitrogen and oxygen atoms in total. The molecule has 1 heterocycles. The van der Waals surface area contributed by atoms with Crippen LogP contribution in [-0.4, -0.2) is 110 Å². The first-order valence-electron chi connectivity index (χ1n) is 21.9. The predicted molar refractivity (Wildman–Crippen MR) is 210 cm³/mol. The first-order valence-corrected chi connectivity index (χ1v) is 21.9. The number of rotatable bonds is 36. The highest BCUT2D eigenvalue weighted by atomic mass is 16.7. The van der Waals surface area contributed by atoms with E-state index in [1.54, 1.807) is 0 Å². The molecule has 1 aliphatic heterocycles. The molecule has 0 aliphatic carbocycles. The first kappa shape index (κ1) is 50.1. The van der Waals surface area contributed by atoms with Gasteiger partial charge in [0.2, 0.25) is 5.91 Å². The number of amides is 1. The smallest absolute Gasteiger partial charge is 0.249 e. The van der Waals surface area contributed by atoms with E-state index >= 15 is 0 Å². The topological polar surface area (TPSA) is 189 Å². The van der Waals surface area contributed by atoms with Crippen molar-refractivity contribution in [3.05, 3.63) is 0 Å². The van der Waals surface area contributed by atoms with Crippen molar-refractivity contribution in [2.45, 2.75) is 249 Å². The summed E-state index contributed by atoms with van der Waals surface area (Å²) in [5, 5.41) is 75.3. The molecule has 316 valence electrons. The van der Waals surface area contributed by atoms with Crippen molar-refractivity contribution in [2.75, 3.05) is 13.2 Å². The monoisotopic (exact) mass is 762 g/mol. The van der Waals surface area contributed by atoms with Gasteiger partial charge in [-0.3, -0.25) is 4.79 Å². The molecule has 8 N–H and O–H groups in total. The van der Waals surface area contributed by atoms with Gasteiger partial charge in [-0.1, -0.05) is 181 Å². The fourth-order valence-corrected chi connectivity index (χ4v) is 7.20. The molecule has 1 aliphatic rings. The Morgan fingerprint density at radius 3 is 1.40 bits per heavy atom. The lowest BCUT2D eigenvalue weighted by Crippen LogP contribution is -2.60. The zero-order chi connectivity index (χ0) is 39.1. The van der Waals surface area contributed by atoms with Crippen LogP contribution in [0, 0.1) is 0 Å². The maximum atomic E-state index is 13.0. The maximum absolute atomic E-state index is 13.0. The van der Waals surface area contributed by atoms with E-state index in [9.17, 15) is 40.5 Å². The van der Waals surface area contributed by atoms with Gasteiger partial charge in [-0.05, 0) is 12.8 Å². The van der Waals surface area contributed by atoms with Gasteiger partial charge in [0.15, 0.2) is 6.29 Å². The molecule has 0 bridgehead atoms. The van der Waals surface area contributed by atoms with Crippen LogP contribution in [0.1, 0.15) is 194 Å². The van der Waals surface area contributed by atoms with Crippen LogP contribution in [-0.2, 0) is 14.3 Å². The minimum atomic E-state index is -1.65. The van der Waals surface area contributed by atoms with Crippen LogP contribution in [0.4, 0.5) is 0 Å². The number of nitrogens with one attached hydrogen (secondary N) is 1. The summed E-state index contributed by atoms with van der Waals surface area (Å²) in [5.41, 5.74) is 0. The number of ether oxygens (including phenoxy) is 2. The quantitative estimate of drug-likeness (QED) is 0.0335. The summed E-state index contributed by atoms with van der Waals surface area (Å²) in [7, 11) is 0. The SMILES string of the molecule is CCCCCCCCCCCCCCCCCCCCC(O)C(=O)NC(COC1OC(CO)C(O)C(O)C1O)C(O)C(O)CCCCCCCCCC. The lowest BCUT2D eigenvalue weighted by atomic mass is 9.98. The van der Waals surface area contributed by atoms with E-state index in [0.717, 1.165) is 38.5 Å². The summed E-state index contributed by atoms with van der Waals surface area (Å²) in [5.74, 6) is -0.697. The van der Waals surface area contributed by atoms with Gasteiger partial charge in [-0.15, -0.1) is 0 Å². The summed E-state index contributed by atoms with van der Waals surface area (Å²) >= 11 is 0. The Labute approximate surface area is 322 Å². The Morgan fingerprint density at radius 2 is 0.981 bits per heavy atom. The van der Waals surface area contributed by atoms with E-state index in [0.29, 0.717) is 19.3 Å². The summed E-state index contributed by atoms with van der Waals surface area (Å²) in [6.45, 7) is 3.39. The molecule has 0 radical (unpaired) electrons. The molecular weight excluding hydrogens is 678 g/mol. The van der Waals surface area contributed by atoms with Gasteiger partial charge < -0.3 is 50.5 Å². The van der Waals surface area contributed by atoms with Gasteiger partial charge in [0.1, 0.15) is 36.6 Å². The Bertz CT molecular complexity index is 836. The average molecular weight is 762 g/mol. The zero-order valence-corrected chi connectivity index (χ0v) is 33.8. The third-order valence-corrected chi connectivity index (χ3v) is 10.9. The van der Waals surface area contributed by atoms with Crippen LogP contribution in [0.2, 0.25) is 0 Å². The third-order valence-electron chi connectivity index (χ3n) is 10.9. The predicted octanol–water partition coefficient (Wildman–Crippen LogP) is 6.33. The molecular formula is C42H83NO10. The molecule has 0 spiro atoms. The Kier molecular flexibility index (Phi) is 31.5. The van der Waals surface area contributed by atoms with E-state index in [-0.39, 0.29) is 6.42 Å². The second-order valence-electron chi connectivity index (χ2n) is 15.8. The van der Waals surface area contributed by atoms with Crippen LogP contribution < -0.4 is 5.32 Å². The van der Waals surface area contributed by atoms with Crippen molar-refractivity contribution in [2.24, 2.45) is 0 Å². The molecule has 9 unspecified atom stereocenters. The summed E-state index contributed by atoms with van der Waals surface area (Å²) < 4.78 is 11.0. The molecule has 53 heavy (non-hydrogen) atoms. The highest BCUT2D eigenvalue weighted by Crippen LogP contribution is 2.23. The number of carbonyl (C=O) groups excluding carboxylic acids is 1. The van der Waals surface area contributed by atoms with Crippen LogP contribution >= 0.6 is 0 Å². The normalized spacial score (nSPS) is 22.8. The van der Waals surface area contributed by atoms with Crippen molar-refractivity contribution < 1.29 is 50.0 Å². The van der Waals surface area contributed by atoms with Gasteiger partial charge >= 0.3 is 0 Å². The van der Waals surface area contributed by atoms with Gasteiger partial charge in [-0.25, -0.2) is 0 Å². The molecule has 11 heteroatoms. The number of hydrogen-bond acceptors (Lipinski definition) is 10. The Balaban J connectivity index is 2.41. The van der Waals surface area contributed by atoms with E-state index in [1.807, 2.05) is 0 Å². The van der Waals surface area contributed by atoms with E-state index in [4.69, 9.17) is 9.47 Å². The largest absolute Gasteiger partial charge is 0.394 e. The van der Waals surface area contributed by atoms with Gasteiger partial charge in [0.25, 0.3) is 0 Å². The van der Waals surface area contributed by atoms with Crippen LogP contribution in [0.3, 0.4) is 0 Å². The molecule has 9 atom stereocenters. The maximum Gasteiger partial charge on any atom is 0.249 e. The molecule has 1 amide bonds. The van der Waals surface area contributed by atoms with Crippen LogP contribution in [0.25, 0.3) is 0 Å². The summed E-state index contributed by atoms with van der Waals surface area (Å²) in [6, 6.07) is -1.16. The van der Waals surface area contributed by atoms with Gasteiger partial charge in [-0.2, -0.15) is 0 Å². The number of aliphatic hydroxyl groups is 7. The van der Waals surface area contributed by atoms with Crippen molar-refractivity contribution in [1.82, 2.24) is 5.32 Å². The molecule has 0 saturated carbocycles. The zero-order valence-electron chi connectivity index (χ0n) is 33.8. The molecule has 0 aromatic carbocycles. The average Bonchev–Trinajstić information content (AvgIpc) is 3.16. The van der Waals surface area contributed by atoms with Crippen molar-refractivity contribution in [3.63, 3.8) is 0 Å². The minimum Gasteiger partial charge on any atom is -0.394 e. The second-order valence-corrected chi connectivity index (χ2v) is 15.8. The Hall–Kier alpha value is -0.890. The highest BCUT2D eigenvalue weighted by molar-refractivity contribution is 5.80. The molecule has 1 saturated heterocycles. The van der Waals surface area contributed by atoms with Crippen molar-refractivity contribution in [1.29, 1.82) is 0 Å².